The molecule has 0 aromatic carbocycles. The normalized spacial score (nSPS) is 10.8. The van der Waals surface area contributed by atoms with E-state index in [-0.39, 0.29) is 19.4 Å². The van der Waals surface area contributed by atoms with E-state index in [1.54, 1.807) is 0 Å². The molecular weight excluding hydrogens is 173 g/mol. The van der Waals surface area contributed by atoms with Gasteiger partial charge in [-0.25, -0.2) is 4.57 Å². The molecule has 0 bridgehead atoms. The lowest BCUT2D eigenvalue weighted by Crippen LogP contribution is -1.99. The molecule has 4 N–H and O–H groups in total. The Hall–Kier alpha value is 0.0300. The number of aliphatic hydroxyl groups excluding tert-OH is 1. The van der Waals surface area contributed by atoms with Crippen LogP contribution in [0.5, 0.6) is 0 Å². The minimum absolute atomic E-state index is 0. The van der Waals surface area contributed by atoms with E-state index in [1.807, 2.05) is 0 Å². The van der Waals surface area contributed by atoms with E-state index in [0.29, 0.717) is 0 Å². The highest BCUT2D eigenvalue weighted by Gasteiger charge is 2.21. The third-order valence-electron chi connectivity index (χ3n) is 0.788. The summed E-state index contributed by atoms with van der Waals surface area (Å²) in [5.41, 5.74) is 0. The van der Waals surface area contributed by atoms with Gasteiger partial charge < -0.3 is 11.3 Å². The molecule has 0 aromatic rings. The van der Waals surface area contributed by atoms with E-state index < -0.39 is 7.82 Å². The molecule has 0 aromatic heterocycles. The van der Waals surface area contributed by atoms with Crippen molar-refractivity contribution in [2.24, 2.45) is 0 Å². The predicted molar refractivity (Wildman–Crippen MR) is 39.7 cm³/mol. The van der Waals surface area contributed by atoms with Crippen LogP contribution in [0.25, 0.3) is 0 Å². The molecule has 6 nitrogen and oxygen atoms in total. The maximum absolute atomic E-state index is 10.9. The highest BCUT2D eigenvalue weighted by molar-refractivity contribution is 7.48. The summed E-state index contributed by atoms with van der Waals surface area (Å²) in [5.74, 6) is 0. The molecule has 0 atom stereocenters. The molecule has 11 heavy (non-hydrogen) atoms. The molecule has 0 saturated heterocycles. The van der Waals surface area contributed by atoms with Crippen LogP contribution in [0.1, 0.15) is 0 Å². The summed E-state index contributed by atoms with van der Waals surface area (Å²) >= 11 is 0. The molecular formula is C4H14NO5P. The summed E-state index contributed by atoms with van der Waals surface area (Å²) in [6, 6.07) is 0. The lowest BCUT2D eigenvalue weighted by molar-refractivity contribution is 0.124. The summed E-state index contributed by atoms with van der Waals surface area (Å²) in [4.78, 5) is 0. The summed E-state index contributed by atoms with van der Waals surface area (Å²) < 4.78 is 24.2. The molecule has 70 valence electrons. The number of aliphatic hydroxyl groups is 1. The van der Waals surface area contributed by atoms with E-state index in [9.17, 15) is 4.57 Å². The van der Waals surface area contributed by atoms with Gasteiger partial charge in [0.1, 0.15) is 0 Å². The lowest BCUT2D eigenvalue weighted by Gasteiger charge is -2.11. The highest BCUT2D eigenvalue weighted by atomic mass is 31.2. The molecule has 0 aliphatic carbocycles. The van der Waals surface area contributed by atoms with E-state index in [4.69, 9.17) is 5.11 Å². The van der Waals surface area contributed by atoms with Crippen molar-refractivity contribution in [3.8, 4) is 0 Å². The Kier molecular flexibility index (Phi) is 8.32. The van der Waals surface area contributed by atoms with E-state index >= 15 is 0 Å². The standard InChI is InChI=1S/C4H11O5P.H3N/c1-7-10(6,8-2)9-4-3-5;/h5H,3-4H2,1-2H3;1H3. The second-order valence-electron chi connectivity index (χ2n) is 1.37. The van der Waals surface area contributed by atoms with Crippen molar-refractivity contribution in [2.75, 3.05) is 27.4 Å². The SMILES string of the molecule is COP(=O)(OC)OCCO.N. The topological polar surface area (TPSA) is 100.0 Å². The minimum atomic E-state index is -3.36. The predicted octanol–water partition coefficient (Wildman–Crippen LogP) is 0.558. The van der Waals surface area contributed by atoms with Crippen molar-refractivity contribution in [3.05, 3.63) is 0 Å². The summed E-state index contributed by atoms with van der Waals surface area (Å²) in [6.45, 7) is -0.268. The van der Waals surface area contributed by atoms with Gasteiger partial charge in [-0.05, 0) is 0 Å². The Morgan fingerprint density at radius 2 is 1.82 bits per heavy atom. The minimum Gasteiger partial charge on any atom is -0.394 e. The van der Waals surface area contributed by atoms with Crippen molar-refractivity contribution in [1.29, 1.82) is 0 Å². The van der Waals surface area contributed by atoms with Gasteiger partial charge in [0.2, 0.25) is 0 Å². The number of phosphoric ester groups is 1. The van der Waals surface area contributed by atoms with Crippen LogP contribution < -0.4 is 6.15 Å². The summed E-state index contributed by atoms with van der Waals surface area (Å²) in [5, 5.41) is 8.26. The van der Waals surface area contributed by atoms with Gasteiger partial charge in [0.25, 0.3) is 0 Å². The molecule has 0 saturated carbocycles. The van der Waals surface area contributed by atoms with Gasteiger partial charge in [0.05, 0.1) is 13.2 Å². The maximum Gasteiger partial charge on any atom is 0.474 e. The average molecular weight is 187 g/mol. The molecule has 0 aliphatic rings. The Bertz CT molecular complexity index is 122. The van der Waals surface area contributed by atoms with Gasteiger partial charge in [-0.15, -0.1) is 0 Å². The Balaban J connectivity index is 0. The molecule has 0 heterocycles. The summed E-state index contributed by atoms with van der Waals surface area (Å²) in [7, 11) is -0.938. The second kappa shape index (κ2) is 6.72. The Morgan fingerprint density at radius 3 is 2.09 bits per heavy atom. The van der Waals surface area contributed by atoms with Gasteiger partial charge in [-0.1, -0.05) is 0 Å². The number of hydrogen-bond acceptors (Lipinski definition) is 6. The first kappa shape index (κ1) is 13.6. The molecule has 0 fully saturated rings. The van der Waals surface area contributed by atoms with Gasteiger partial charge >= 0.3 is 7.82 Å². The quantitative estimate of drug-likeness (QED) is 0.610. The van der Waals surface area contributed by atoms with E-state index in [0.717, 1.165) is 0 Å². The fourth-order valence-corrected chi connectivity index (χ4v) is 0.998. The highest BCUT2D eigenvalue weighted by Crippen LogP contribution is 2.47. The van der Waals surface area contributed by atoms with Crippen LogP contribution in [0.15, 0.2) is 0 Å². The van der Waals surface area contributed by atoms with Crippen LogP contribution in [0.4, 0.5) is 0 Å². The smallest absolute Gasteiger partial charge is 0.394 e. The number of hydrogen-bond donors (Lipinski definition) is 2. The molecule has 0 radical (unpaired) electrons. The molecule has 0 aliphatic heterocycles. The maximum atomic E-state index is 10.9. The first-order chi connectivity index (χ1) is 4.68. The van der Waals surface area contributed by atoms with Gasteiger partial charge in [-0.3, -0.25) is 13.6 Å². The van der Waals surface area contributed by atoms with Crippen LogP contribution in [0.2, 0.25) is 0 Å². The average Bonchev–Trinajstić information content (AvgIpc) is 2.00. The zero-order chi connectivity index (χ0) is 8.04. The Labute approximate surface area is 65.7 Å². The van der Waals surface area contributed by atoms with Crippen molar-refractivity contribution < 1.29 is 23.2 Å². The molecule has 0 rings (SSSR count). The fourth-order valence-electron chi connectivity index (χ4n) is 0.333. The van der Waals surface area contributed by atoms with Crippen LogP contribution in [-0.2, 0) is 18.1 Å². The van der Waals surface area contributed by atoms with Crippen molar-refractivity contribution >= 4 is 7.82 Å². The van der Waals surface area contributed by atoms with Gasteiger partial charge in [0.15, 0.2) is 0 Å². The van der Waals surface area contributed by atoms with Crippen LogP contribution in [0.3, 0.4) is 0 Å². The van der Waals surface area contributed by atoms with E-state index in [1.165, 1.54) is 14.2 Å². The monoisotopic (exact) mass is 187 g/mol. The van der Waals surface area contributed by atoms with Crippen LogP contribution >= 0.6 is 7.82 Å². The Morgan fingerprint density at radius 1 is 1.36 bits per heavy atom. The molecule has 0 spiro atoms. The fraction of sp³-hybridized carbons (Fsp3) is 1.00. The molecule has 0 amide bonds. The van der Waals surface area contributed by atoms with Gasteiger partial charge in [-0.2, -0.15) is 0 Å². The van der Waals surface area contributed by atoms with Crippen molar-refractivity contribution in [2.45, 2.75) is 0 Å². The lowest BCUT2D eigenvalue weighted by atomic mass is 10.8. The van der Waals surface area contributed by atoms with Crippen molar-refractivity contribution in [1.82, 2.24) is 6.15 Å². The zero-order valence-electron chi connectivity index (χ0n) is 6.65. The first-order valence-corrected chi connectivity index (χ1v) is 4.11. The molecule has 7 heteroatoms. The first-order valence-electron chi connectivity index (χ1n) is 2.65. The summed E-state index contributed by atoms with van der Waals surface area (Å²) in [6.07, 6.45) is 0. The second-order valence-corrected chi connectivity index (χ2v) is 3.25. The van der Waals surface area contributed by atoms with E-state index in [2.05, 4.69) is 13.6 Å². The third-order valence-corrected chi connectivity index (χ3v) is 2.18. The molecule has 0 unspecified atom stereocenters. The zero-order valence-corrected chi connectivity index (χ0v) is 7.54. The van der Waals surface area contributed by atoms with Crippen LogP contribution in [-0.4, -0.2) is 32.5 Å². The number of rotatable bonds is 5. The van der Waals surface area contributed by atoms with Crippen molar-refractivity contribution in [3.63, 3.8) is 0 Å². The van der Waals surface area contributed by atoms with Gasteiger partial charge in [0, 0.05) is 14.2 Å². The van der Waals surface area contributed by atoms with Crippen LogP contribution in [0, 0.1) is 0 Å². The largest absolute Gasteiger partial charge is 0.474 e. The third kappa shape index (κ3) is 5.32. The number of phosphoric acid groups is 1.